The Morgan fingerprint density at radius 2 is 2.05 bits per heavy atom. The van der Waals surface area contributed by atoms with Crippen LogP contribution in [-0.2, 0) is 4.79 Å². The van der Waals surface area contributed by atoms with E-state index < -0.39 is 5.91 Å². The Kier molecular flexibility index (Phi) is 6.82. The van der Waals surface area contributed by atoms with E-state index in [1.807, 2.05) is 18.2 Å². The van der Waals surface area contributed by atoms with E-state index in [4.69, 9.17) is 5.26 Å². The van der Waals surface area contributed by atoms with Crippen molar-refractivity contribution in [3.05, 3.63) is 40.5 Å². The summed E-state index contributed by atoms with van der Waals surface area (Å²) < 4.78 is 0.932. The maximum atomic E-state index is 11.9. The number of hydrogen-bond acceptors (Lipinski definition) is 3. The normalized spacial score (nSPS) is 11.1. The fraction of sp³-hybridized carbons (Fsp3) is 0.333. The lowest BCUT2D eigenvalue weighted by molar-refractivity contribution is -0.112. The van der Waals surface area contributed by atoms with Crippen molar-refractivity contribution in [1.29, 1.82) is 5.26 Å². The third kappa shape index (κ3) is 5.89. The van der Waals surface area contributed by atoms with Gasteiger partial charge in [0.1, 0.15) is 11.6 Å². The molecule has 0 aliphatic carbocycles. The van der Waals surface area contributed by atoms with Gasteiger partial charge in [-0.1, -0.05) is 29.8 Å². The first kappa shape index (κ1) is 16.3. The topological polar surface area (TPSA) is 64.9 Å². The van der Waals surface area contributed by atoms with Gasteiger partial charge in [-0.05, 0) is 36.6 Å². The molecule has 4 nitrogen and oxygen atoms in total. The monoisotopic (exact) mass is 335 g/mol. The molecular weight excluding hydrogens is 318 g/mol. The van der Waals surface area contributed by atoms with E-state index in [1.165, 1.54) is 6.20 Å². The van der Waals surface area contributed by atoms with Crippen molar-refractivity contribution in [2.75, 3.05) is 11.9 Å². The average molecular weight is 336 g/mol. The SMILES string of the molecule is CC(C)CCN/C=C(/C#N)C(=O)Nc1ccc(Br)cc1. The van der Waals surface area contributed by atoms with Crippen LogP contribution in [-0.4, -0.2) is 12.5 Å². The third-order valence-corrected chi connectivity index (χ3v) is 3.11. The molecule has 106 valence electrons. The number of nitrogens with one attached hydrogen (secondary N) is 2. The van der Waals surface area contributed by atoms with E-state index in [1.54, 1.807) is 12.1 Å². The van der Waals surface area contributed by atoms with Crippen LogP contribution in [0.2, 0.25) is 0 Å². The van der Waals surface area contributed by atoms with Gasteiger partial charge >= 0.3 is 0 Å². The Morgan fingerprint density at radius 1 is 1.40 bits per heavy atom. The van der Waals surface area contributed by atoms with Gasteiger partial charge < -0.3 is 10.6 Å². The van der Waals surface area contributed by atoms with Crippen LogP contribution < -0.4 is 10.6 Å². The Bertz CT molecular complexity index is 515. The third-order valence-electron chi connectivity index (χ3n) is 2.58. The van der Waals surface area contributed by atoms with Gasteiger partial charge in [0.15, 0.2) is 0 Å². The number of benzene rings is 1. The van der Waals surface area contributed by atoms with Gasteiger partial charge in [-0.25, -0.2) is 0 Å². The Balaban J connectivity index is 2.56. The molecule has 0 unspecified atom stereocenters. The van der Waals surface area contributed by atoms with Crippen LogP contribution in [0.5, 0.6) is 0 Å². The minimum Gasteiger partial charge on any atom is -0.390 e. The van der Waals surface area contributed by atoms with Crippen molar-refractivity contribution in [3.8, 4) is 6.07 Å². The fourth-order valence-corrected chi connectivity index (χ4v) is 1.69. The second-order valence-electron chi connectivity index (χ2n) is 4.77. The Hall–Kier alpha value is -1.80. The highest BCUT2D eigenvalue weighted by Gasteiger charge is 2.08. The molecule has 1 aromatic rings. The predicted molar refractivity (Wildman–Crippen MR) is 83.9 cm³/mol. The molecule has 20 heavy (non-hydrogen) atoms. The van der Waals surface area contributed by atoms with Crippen molar-refractivity contribution < 1.29 is 4.79 Å². The first-order chi connectivity index (χ1) is 9.52. The van der Waals surface area contributed by atoms with Crippen LogP contribution in [0.4, 0.5) is 5.69 Å². The largest absolute Gasteiger partial charge is 0.390 e. The summed E-state index contributed by atoms with van der Waals surface area (Å²) in [6.07, 6.45) is 2.46. The maximum Gasteiger partial charge on any atom is 0.267 e. The molecule has 0 fully saturated rings. The molecule has 0 radical (unpaired) electrons. The van der Waals surface area contributed by atoms with Crippen LogP contribution in [0.3, 0.4) is 0 Å². The summed E-state index contributed by atoms with van der Waals surface area (Å²) in [4.78, 5) is 11.9. The molecular formula is C15H18BrN3O. The van der Waals surface area contributed by atoms with Crippen LogP contribution in [0.15, 0.2) is 40.5 Å². The molecule has 2 N–H and O–H groups in total. The quantitative estimate of drug-likeness (QED) is 0.475. The summed E-state index contributed by atoms with van der Waals surface area (Å²) in [6, 6.07) is 9.08. The number of carbonyl (C=O) groups is 1. The molecule has 0 bridgehead atoms. The summed E-state index contributed by atoms with van der Waals surface area (Å²) in [7, 11) is 0. The van der Waals surface area contributed by atoms with Crippen molar-refractivity contribution in [2.45, 2.75) is 20.3 Å². The van der Waals surface area contributed by atoms with E-state index in [-0.39, 0.29) is 5.57 Å². The number of hydrogen-bond donors (Lipinski definition) is 2. The lowest BCUT2D eigenvalue weighted by atomic mass is 10.1. The van der Waals surface area contributed by atoms with Gasteiger partial charge in [-0.2, -0.15) is 5.26 Å². The van der Waals surface area contributed by atoms with Crippen LogP contribution in [0, 0.1) is 17.2 Å². The van der Waals surface area contributed by atoms with Crippen molar-refractivity contribution >= 4 is 27.5 Å². The van der Waals surface area contributed by atoms with Crippen LogP contribution in [0.1, 0.15) is 20.3 Å². The summed E-state index contributed by atoms with van der Waals surface area (Å²) in [5, 5.41) is 14.7. The van der Waals surface area contributed by atoms with E-state index in [0.29, 0.717) is 11.6 Å². The van der Waals surface area contributed by atoms with Crippen molar-refractivity contribution in [3.63, 3.8) is 0 Å². The zero-order valence-corrected chi connectivity index (χ0v) is 13.2. The van der Waals surface area contributed by atoms with Gasteiger partial charge in [-0.15, -0.1) is 0 Å². The second-order valence-corrected chi connectivity index (χ2v) is 5.68. The molecule has 5 heteroatoms. The first-order valence-corrected chi connectivity index (χ1v) is 7.22. The summed E-state index contributed by atoms with van der Waals surface area (Å²) >= 11 is 3.32. The molecule has 0 saturated carbocycles. The highest BCUT2D eigenvalue weighted by molar-refractivity contribution is 9.10. The minimum absolute atomic E-state index is 0.0664. The van der Waals surface area contributed by atoms with E-state index in [2.05, 4.69) is 40.4 Å². The Morgan fingerprint density at radius 3 is 2.60 bits per heavy atom. The van der Waals surface area contributed by atoms with Gasteiger partial charge in [0.05, 0.1) is 0 Å². The summed E-state index contributed by atoms with van der Waals surface area (Å²) in [6.45, 7) is 4.99. The zero-order valence-electron chi connectivity index (χ0n) is 11.6. The van der Waals surface area contributed by atoms with Crippen molar-refractivity contribution in [1.82, 2.24) is 5.32 Å². The number of nitriles is 1. The lowest BCUT2D eigenvalue weighted by Gasteiger charge is -2.06. The number of carbonyl (C=O) groups excluding carboxylic acids is 1. The molecule has 0 aliphatic heterocycles. The van der Waals surface area contributed by atoms with Crippen LogP contribution in [0.25, 0.3) is 0 Å². The zero-order chi connectivity index (χ0) is 15.0. The number of anilines is 1. The van der Waals surface area contributed by atoms with E-state index in [0.717, 1.165) is 17.4 Å². The smallest absolute Gasteiger partial charge is 0.267 e. The molecule has 1 rings (SSSR count). The predicted octanol–water partition coefficient (Wildman–Crippen LogP) is 3.43. The molecule has 0 atom stereocenters. The number of halogens is 1. The second kappa shape index (κ2) is 8.39. The van der Waals surface area contributed by atoms with Gasteiger partial charge in [-0.3, -0.25) is 4.79 Å². The molecule has 0 aromatic heterocycles. The molecule has 0 spiro atoms. The van der Waals surface area contributed by atoms with E-state index in [9.17, 15) is 4.79 Å². The van der Waals surface area contributed by atoms with Gasteiger partial charge in [0.25, 0.3) is 5.91 Å². The molecule has 1 amide bonds. The number of nitrogens with zero attached hydrogens (tertiary/aromatic N) is 1. The highest BCUT2D eigenvalue weighted by atomic mass is 79.9. The maximum absolute atomic E-state index is 11.9. The molecule has 0 heterocycles. The number of rotatable bonds is 6. The van der Waals surface area contributed by atoms with Crippen LogP contribution >= 0.6 is 15.9 Å². The average Bonchev–Trinajstić information content (AvgIpc) is 2.41. The highest BCUT2D eigenvalue weighted by Crippen LogP contribution is 2.14. The Labute approximate surface area is 128 Å². The van der Waals surface area contributed by atoms with Gasteiger partial charge in [0, 0.05) is 22.9 Å². The van der Waals surface area contributed by atoms with Gasteiger partial charge in [0.2, 0.25) is 0 Å². The summed E-state index contributed by atoms with van der Waals surface area (Å²) in [5.41, 5.74) is 0.721. The lowest BCUT2D eigenvalue weighted by Crippen LogP contribution is -2.17. The molecule has 1 aromatic carbocycles. The minimum atomic E-state index is -0.410. The summed E-state index contributed by atoms with van der Waals surface area (Å²) in [5.74, 6) is 0.171. The first-order valence-electron chi connectivity index (χ1n) is 6.43. The standard InChI is InChI=1S/C15H18BrN3O/c1-11(2)7-8-18-10-12(9-17)15(20)19-14-5-3-13(16)4-6-14/h3-6,10-11,18H,7-8H2,1-2H3,(H,19,20)/b12-10-. The molecule has 0 saturated heterocycles. The molecule has 0 aliphatic rings. The fourth-order valence-electron chi connectivity index (χ4n) is 1.43. The number of amides is 1. The van der Waals surface area contributed by atoms with E-state index >= 15 is 0 Å². The van der Waals surface area contributed by atoms with Crippen molar-refractivity contribution in [2.24, 2.45) is 5.92 Å².